The standard InChI is InChI=1S/C39H57ClN4O7S/c1-6-7-8-9-10-11-12-13-14-18-23-52(49,50)27-29(2)51-28-41-31-21-22-32(40)33(24-31)42-37(47)35(36(46)39(3,4)5)44-34(45)26-43(38(44)48)25-30-19-16-15-17-20-30/h15-17,19-22,24,29,35,41H,6-14,18,23,25-28H2,1-5H3,(H,42,47). The van der Waals surface area contributed by atoms with Gasteiger partial charge >= 0.3 is 6.03 Å². The van der Waals surface area contributed by atoms with Crippen molar-refractivity contribution >= 4 is 56.4 Å². The van der Waals surface area contributed by atoms with Gasteiger partial charge in [0.2, 0.25) is 0 Å². The van der Waals surface area contributed by atoms with E-state index in [9.17, 15) is 27.6 Å². The first-order chi connectivity index (χ1) is 24.6. The average Bonchev–Trinajstić information content (AvgIpc) is 3.34. The van der Waals surface area contributed by atoms with Crippen molar-refractivity contribution in [2.24, 2.45) is 5.41 Å². The molecule has 52 heavy (non-hydrogen) atoms. The van der Waals surface area contributed by atoms with Gasteiger partial charge in [0, 0.05) is 17.6 Å². The van der Waals surface area contributed by atoms with Crippen LogP contribution in [0.1, 0.15) is 104 Å². The van der Waals surface area contributed by atoms with Crippen molar-refractivity contribution in [1.29, 1.82) is 0 Å². The number of sulfone groups is 1. The van der Waals surface area contributed by atoms with Gasteiger partial charge in [0.1, 0.15) is 13.3 Å². The molecule has 288 valence electrons. The van der Waals surface area contributed by atoms with E-state index in [1.165, 1.54) is 55.6 Å². The number of anilines is 2. The van der Waals surface area contributed by atoms with Gasteiger partial charge in [-0.2, -0.15) is 0 Å². The number of nitrogens with zero attached hydrogens (tertiary/aromatic N) is 2. The molecular formula is C39H57ClN4O7S. The van der Waals surface area contributed by atoms with Gasteiger partial charge < -0.3 is 20.3 Å². The van der Waals surface area contributed by atoms with Crippen LogP contribution < -0.4 is 10.6 Å². The van der Waals surface area contributed by atoms with E-state index in [0.29, 0.717) is 12.1 Å². The van der Waals surface area contributed by atoms with E-state index < -0.39 is 51.0 Å². The van der Waals surface area contributed by atoms with Gasteiger partial charge in [0.15, 0.2) is 21.7 Å². The lowest BCUT2D eigenvalue weighted by molar-refractivity contribution is -0.143. The van der Waals surface area contributed by atoms with E-state index in [2.05, 4.69) is 17.6 Å². The second-order valence-electron chi connectivity index (χ2n) is 14.7. The number of amides is 4. The number of ketones is 1. The summed E-state index contributed by atoms with van der Waals surface area (Å²) in [5, 5.41) is 5.86. The number of hydrogen-bond acceptors (Lipinski definition) is 8. The van der Waals surface area contributed by atoms with Crippen LogP contribution in [0.3, 0.4) is 0 Å². The molecule has 1 heterocycles. The lowest BCUT2D eigenvalue weighted by atomic mass is 9.85. The molecule has 0 aromatic heterocycles. The molecule has 2 aromatic carbocycles. The Balaban J connectivity index is 1.54. The van der Waals surface area contributed by atoms with E-state index in [0.717, 1.165) is 29.7 Å². The Morgan fingerprint density at radius 3 is 2.15 bits per heavy atom. The summed E-state index contributed by atoms with van der Waals surface area (Å²) >= 11 is 6.42. The van der Waals surface area contributed by atoms with Crippen molar-refractivity contribution in [3.8, 4) is 0 Å². The van der Waals surface area contributed by atoms with Gasteiger partial charge in [-0.05, 0) is 37.1 Å². The number of halogens is 1. The fourth-order valence-corrected chi connectivity index (χ4v) is 7.80. The van der Waals surface area contributed by atoms with Crippen LogP contribution in [0.4, 0.5) is 16.2 Å². The smallest absolute Gasteiger partial charge is 0.328 e. The molecule has 2 aromatic rings. The number of carbonyl (C=O) groups excluding carboxylic acids is 4. The first-order valence-corrected chi connectivity index (χ1v) is 20.7. The predicted molar refractivity (Wildman–Crippen MR) is 207 cm³/mol. The predicted octanol–water partition coefficient (Wildman–Crippen LogP) is 7.84. The molecule has 0 saturated carbocycles. The summed E-state index contributed by atoms with van der Waals surface area (Å²) in [5.74, 6) is -2.09. The van der Waals surface area contributed by atoms with Crippen molar-refractivity contribution in [3.63, 3.8) is 0 Å². The Labute approximate surface area is 315 Å². The molecule has 0 radical (unpaired) electrons. The molecule has 2 unspecified atom stereocenters. The number of ether oxygens (including phenoxy) is 1. The number of hydrogen-bond donors (Lipinski definition) is 2. The normalized spacial score (nSPS) is 14.8. The number of nitrogens with one attached hydrogen (secondary N) is 2. The molecule has 1 aliphatic heterocycles. The van der Waals surface area contributed by atoms with Crippen LogP contribution in [-0.4, -0.2) is 78.8 Å². The number of benzene rings is 2. The van der Waals surface area contributed by atoms with Crippen LogP contribution in [-0.2, 0) is 35.5 Å². The molecule has 13 heteroatoms. The zero-order chi connectivity index (χ0) is 38.3. The second-order valence-corrected chi connectivity index (χ2v) is 17.3. The molecule has 2 N–H and O–H groups in total. The molecule has 3 rings (SSSR count). The van der Waals surface area contributed by atoms with Gasteiger partial charge in [0.05, 0.1) is 28.3 Å². The van der Waals surface area contributed by atoms with Crippen molar-refractivity contribution < 1.29 is 32.3 Å². The summed E-state index contributed by atoms with van der Waals surface area (Å²) in [4.78, 5) is 56.1. The minimum absolute atomic E-state index is 0.0108. The molecule has 1 saturated heterocycles. The van der Waals surface area contributed by atoms with E-state index >= 15 is 0 Å². The molecule has 11 nitrogen and oxygen atoms in total. The summed E-state index contributed by atoms with van der Waals surface area (Å²) < 4.78 is 31.1. The van der Waals surface area contributed by atoms with Crippen molar-refractivity contribution in [2.45, 2.75) is 118 Å². The van der Waals surface area contributed by atoms with Crippen LogP contribution in [0.15, 0.2) is 48.5 Å². The average molecular weight is 761 g/mol. The summed E-state index contributed by atoms with van der Waals surface area (Å²) in [6.45, 7) is 8.63. The van der Waals surface area contributed by atoms with E-state index in [1.807, 2.05) is 30.3 Å². The highest BCUT2D eigenvalue weighted by molar-refractivity contribution is 7.91. The number of Topliss-reactive ketones (excluding diaryl/α,β-unsaturated/α-hetero) is 1. The fourth-order valence-electron chi connectivity index (χ4n) is 6.01. The highest BCUT2D eigenvalue weighted by Crippen LogP contribution is 2.29. The van der Waals surface area contributed by atoms with Crippen LogP contribution in [0, 0.1) is 5.41 Å². The Morgan fingerprint density at radius 2 is 1.54 bits per heavy atom. The maximum Gasteiger partial charge on any atom is 0.328 e. The van der Waals surface area contributed by atoms with Crippen LogP contribution >= 0.6 is 11.6 Å². The van der Waals surface area contributed by atoms with Crippen LogP contribution in [0.5, 0.6) is 0 Å². The largest absolute Gasteiger partial charge is 0.363 e. The van der Waals surface area contributed by atoms with Crippen LogP contribution in [0.2, 0.25) is 5.02 Å². The fraction of sp³-hybridized carbons (Fsp3) is 0.590. The lowest BCUT2D eigenvalue weighted by Gasteiger charge is -2.29. The summed E-state index contributed by atoms with van der Waals surface area (Å²) in [6.07, 6.45) is 10.8. The molecule has 0 spiro atoms. The van der Waals surface area contributed by atoms with E-state index in [4.69, 9.17) is 16.3 Å². The maximum atomic E-state index is 13.8. The Morgan fingerprint density at radius 1 is 0.923 bits per heavy atom. The molecule has 0 bridgehead atoms. The van der Waals surface area contributed by atoms with Gasteiger partial charge in [-0.25, -0.2) is 18.1 Å². The Hall–Kier alpha value is -3.48. The molecule has 0 aliphatic carbocycles. The first-order valence-electron chi connectivity index (χ1n) is 18.5. The minimum Gasteiger partial charge on any atom is -0.363 e. The lowest BCUT2D eigenvalue weighted by Crippen LogP contribution is -2.55. The zero-order valence-corrected chi connectivity index (χ0v) is 33.0. The molecule has 2 atom stereocenters. The van der Waals surface area contributed by atoms with Crippen molar-refractivity contribution in [2.75, 3.05) is 35.4 Å². The highest BCUT2D eigenvalue weighted by Gasteiger charge is 2.49. The molecule has 4 amide bonds. The van der Waals surface area contributed by atoms with Crippen LogP contribution in [0.25, 0.3) is 0 Å². The third-order valence-corrected chi connectivity index (χ3v) is 11.2. The third kappa shape index (κ3) is 13.8. The van der Waals surface area contributed by atoms with Gasteiger partial charge in [0.25, 0.3) is 11.8 Å². The van der Waals surface area contributed by atoms with E-state index in [1.54, 1.807) is 33.8 Å². The summed E-state index contributed by atoms with van der Waals surface area (Å²) in [6, 6.07) is 11.4. The minimum atomic E-state index is -3.27. The highest BCUT2D eigenvalue weighted by atomic mass is 35.5. The molecule has 1 aliphatic rings. The number of unbranched alkanes of at least 4 members (excludes halogenated alkanes) is 9. The maximum absolute atomic E-state index is 13.8. The summed E-state index contributed by atoms with van der Waals surface area (Å²) in [7, 11) is -3.27. The topological polar surface area (TPSA) is 142 Å². The SMILES string of the molecule is CCCCCCCCCCCCS(=O)(=O)CC(C)OCNc1ccc(Cl)c(NC(=O)C(C(=O)C(C)(C)C)N2C(=O)CN(Cc3ccccc3)C2=O)c1. The quantitative estimate of drug-likeness (QED) is 0.0505. The first kappa shape index (κ1) is 42.9. The molecular weight excluding hydrogens is 704 g/mol. The second kappa shape index (κ2) is 20.7. The third-order valence-electron chi connectivity index (χ3n) is 8.95. The monoisotopic (exact) mass is 760 g/mol. The number of rotatable bonds is 23. The summed E-state index contributed by atoms with van der Waals surface area (Å²) in [5.41, 5.74) is 0.392. The number of carbonyl (C=O) groups is 4. The van der Waals surface area contributed by atoms with E-state index in [-0.39, 0.29) is 42.0 Å². The van der Waals surface area contributed by atoms with Gasteiger partial charge in [-0.3, -0.25) is 14.4 Å². The number of urea groups is 1. The van der Waals surface area contributed by atoms with Gasteiger partial charge in [-0.1, -0.05) is 127 Å². The zero-order valence-electron chi connectivity index (χ0n) is 31.4. The Bertz CT molecular complexity index is 1600. The Kier molecular flexibility index (Phi) is 17.1. The number of imide groups is 1. The van der Waals surface area contributed by atoms with Crippen molar-refractivity contribution in [1.82, 2.24) is 9.80 Å². The van der Waals surface area contributed by atoms with Gasteiger partial charge in [-0.15, -0.1) is 0 Å². The molecule has 1 fully saturated rings. The van der Waals surface area contributed by atoms with Crippen molar-refractivity contribution in [3.05, 3.63) is 59.1 Å².